The van der Waals surface area contributed by atoms with Crippen LogP contribution in [0.2, 0.25) is 0 Å². The zero-order valence-electron chi connectivity index (χ0n) is 10.1. The molecule has 0 aliphatic rings. The van der Waals surface area contributed by atoms with Gasteiger partial charge >= 0.3 is 5.97 Å². The van der Waals surface area contributed by atoms with E-state index in [4.69, 9.17) is 0 Å². The minimum absolute atomic E-state index is 0.0972. The van der Waals surface area contributed by atoms with Crippen LogP contribution < -0.4 is 0 Å². The van der Waals surface area contributed by atoms with E-state index in [2.05, 4.69) is 36.6 Å². The van der Waals surface area contributed by atoms with E-state index in [1.165, 1.54) is 6.07 Å². The predicted octanol–water partition coefficient (Wildman–Crippen LogP) is 2.70. The summed E-state index contributed by atoms with van der Waals surface area (Å²) in [5, 5.41) is 19.7. The van der Waals surface area contributed by atoms with E-state index in [1.54, 1.807) is 13.0 Å². The molecule has 7 heteroatoms. The van der Waals surface area contributed by atoms with Crippen molar-refractivity contribution in [2.24, 2.45) is 0 Å². The second kappa shape index (κ2) is 7.33. The predicted molar refractivity (Wildman–Crippen MR) is 74.0 cm³/mol. The molecule has 0 amide bonds. The quantitative estimate of drug-likeness (QED) is 0.747. The zero-order chi connectivity index (χ0) is 14.6. The zero-order valence-corrected chi connectivity index (χ0v) is 13.2. The Bertz CT molecular complexity index is 444. The molecule has 0 saturated heterocycles. The highest BCUT2D eigenvalue weighted by Crippen LogP contribution is 2.32. The average molecular weight is 400 g/mol. The van der Waals surface area contributed by atoms with Crippen LogP contribution >= 0.6 is 31.9 Å². The lowest BCUT2D eigenvalue weighted by Crippen LogP contribution is -2.24. The number of aliphatic hydroxyl groups is 2. The Morgan fingerprint density at radius 1 is 1.42 bits per heavy atom. The molecule has 1 rings (SSSR count). The Morgan fingerprint density at radius 3 is 2.58 bits per heavy atom. The Hall–Kier alpha value is -0.500. The third-order valence-electron chi connectivity index (χ3n) is 2.39. The van der Waals surface area contributed by atoms with Gasteiger partial charge in [-0.25, -0.2) is 4.39 Å². The molecule has 0 aliphatic carbocycles. The fourth-order valence-electron chi connectivity index (χ4n) is 1.53. The molecular formula is C12H13Br2FO4. The number of halogens is 3. The van der Waals surface area contributed by atoms with Crippen LogP contribution in [0, 0.1) is 5.82 Å². The molecule has 0 spiro atoms. The van der Waals surface area contributed by atoms with Crippen LogP contribution in [0.15, 0.2) is 21.1 Å². The lowest BCUT2D eigenvalue weighted by Gasteiger charge is -2.19. The maximum Gasteiger partial charge on any atom is 0.308 e. The van der Waals surface area contributed by atoms with Crippen molar-refractivity contribution in [3.63, 3.8) is 0 Å². The van der Waals surface area contributed by atoms with E-state index >= 15 is 0 Å². The topological polar surface area (TPSA) is 66.8 Å². The fraction of sp³-hybridized carbons (Fsp3) is 0.417. The summed E-state index contributed by atoms with van der Waals surface area (Å²) < 4.78 is 19.2. The molecule has 2 atom stereocenters. The fourth-order valence-corrected chi connectivity index (χ4v) is 2.94. The highest BCUT2D eigenvalue weighted by molar-refractivity contribution is 9.11. The monoisotopic (exact) mass is 398 g/mol. The van der Waals surface area contributed by atoms with Crippen molar-refractivity contribution in [3.05, 3.63) is 32.5 Å². The molecule has 0 bridgehead atoms. The number of rotatable bonds is 5. The van der Waals surface area contributed by atoms with Gasteiger partial charge in [0, 0.05) is 14.5 Å². The molecular weight excluding hydrogens is 387 g/mol. The van der Waals surface area contributed by atoms with Crippen LogP contribution in [0.1, 0.15) is 25.0 Å². The van der Waals surface area contributed by atoms with Gasteiger partial charge in [0.1, 0.15) is 11.9 Å². The molecule has 106 valence electrons. The summed E-state index contributed by atoms with van der Waals surface area (Å²) in [5.74, 6) is -1.33. The summed E-state index contributed by atoms with van der Waals surface area (Å²) in [6.07, 6.45) is -3.37. The second-order valence-corrected chi connectivity index (χ2v) is 5.57. The SMILES string of the molecule is CCOC(=O)CC(O)C(O)c1c(F)cc(Br)cc1Br. The first kappa shape index (κ1) is 16.6. The summed E-state index contributed by atoms with van der Waals surface area (Å²) in [5.41, 5.74) is -0.0972. The van der Waals surface area contributed by atoms with Crippen molar-refractivity contribution in [2.75, 3.05) is 6.61 Å². The number of esters is 1. The summed E-state index contributed by atoms with van der Waals surface area (Å²) >= 11 is 6.21. The summed E-state index contributed by atoms with van der Waals surface area (Å²) in [7, 11) is 0. The smallest absolute Gasteiger partial charge is 0.308 e. The van der Waals surface area contributed by atoms with E-state index in [0.29, 0.717) is 8.95 Å². The number of ether oxygens (including phenoxy) is 1. The summed E-state index contributed by atoms with van der Waals surface area (Å²) in [6, 6.07) is 2.71. The van der Waals surface area contributed by atoms with Crippen molar-refractivity contribution in [1.82, 2.24) is 0 Å². The van der Waals surface area contributed by atoms with Crippen LogP contribution in [-0.4, -0.2) is 28.9 Å². The first-order chi connectivity index (χ1) is 8.86. The van der Waals surface area contributed by atoms with E-state index in [9.17, 15) is 19.4 Å². The lowest BCUT2D eigenvalue weighted by molar-refractivity contribution is -0.147. The number of aliphatic hydroxyl groups excluding tert-OH is 2. The number of hydrogen-bond acceptors (Lipinski definition) is 4. The van der Waals surface area contributed by atoms with Crippen LogP contribution in [0.3, 0.4) is 0 Å². The molecule has 0 aromatic heterocycles. The molecule has 2 N–H and O–H groups in total. The maximum atomic E-state index is 13.8. The molecule has 4 nitrogen and oxygen atoms in total. The molecule has 0 heterocycles. The van der Waals surface area contributed by atoms with Gasteiger partial charge in [0.05, 0.1) is 19.1 Å². The van der Waals surface area contributed by atoms with Gasteiger partial charge in [0.25, 0.3) is 0 Å². The minimum atomic E-state index is -1.52. The van der Waals surface area contributed by atoms with E-state index < -0.39 is 30.4 Å². The largest absolute Gasteiger partial charge is 0.466 e. The molecule has 0 fully saturated rings. The molecule has 1 aromatic carbocycles. The Labute approximate surface area is 126 Å². The van der Waals surface area contributed by atoms with Gasteiger partial charge in [0.2, 0.25) is 0 Å². The van der Waals surface area contributed by atoms with Crippen LogP contribution in [0.25, 0.3) is 0 Å². The van der Waals surface area contributed by atoms with Gasteiger partial charge in [0.15, 0.2) is 0 Å². The summed E-state index contributed by atoms with van der Waals surface area (Å²) in [6.45, 7) is 1.81. The Balaban J connectivity index is 2.88. The number of benzene rings is 1. The van der Waals surface area contributed by atoms with E-state index in [1.807, 2.05) is 0 Å². The molecule has 1 aromatic rings. The van der Waals surface area contributed by atoms with E-state index in [0.717, 1.165) is 0 Å². The van der Waals surface area contributed by atoms with Crippen molar-refractivity contribution in [3.8, 4) is 0 Å². The molecule has 0 radical (unpaired) electrons. The summed E-state index contributed by atoms with van der Waals surface area (Å²) in [4.78, 5) is 11.2. The maximum absolute atomic E-state index is 13.8. The van der Waals surface area contributed by atoms with Gasteiger partial charge in [-0.05, 0) is 19.1 Å². The van der Waals surface area contributed by atoms with Crippen molar-refractivity contribution in [2.45, 2.75) is 25.6 Å². The van der Waals surface area contributed by atoms with Crippen molar-refractivity contribution >= 4 is 37.8 Å². The first-order valence-electron chi connectivity index (χ1n) is 5.53. The van der Waals surface area contributed by atoms with Gasteiger partial charge < -0.3 is 14.9 Å². The van der Waals surface area contributed by atoms with Crippen LogP contribution in [0.5, 0.6) is 0 Å². The normalized spacial score (nSPS) is 14.0. The molecule has 19 heavy (non-hydrogen) atoms. The number of carbonyl (C=O) groups is 1. The van der Waals surface area contributed by atoms with E-state index in [-0.39, 0.29) is 12.2 Å². The van der Waals surface area contributed by atoms with Crippen LogP contribution in [-0.2, 0) is 9.53 Å². The first-order valence-corrected chi connectivity index (χ1v) is 7.11. The number of carbonyl (C=O) groups excluding carboxylic acids is 1. The van der Waals surface area contributed by atoms with Crippen LogP contribution in [0.4, 0.5) is 4.39 Å². The standard InChI is InChI=1S/C12H13Br2FO4/c1-2-19-10(17)5-9(16)12(18)11-7(14)3-6(13)4-8(11)15/h3-4,9,12,16,18H,2,5H2,1H3. The molecule has 0 saturated carbocycles. The van der Waals surface area contributed by atoms with Crippen molar-refractivity contribution < 1.29 is 24.1 Å². The van der Waals surface area contributed by atoms with Gasteiger partial charge in [-0.1, -0.05) is 31.9 Å². The highest BCUT2D eigenvalue weighted by atomic mass is 79.9. The average Bonchev–Trinajstić information content (AvgIpc) is 2.27. The highest BCUT2D eigenvalue weighted by Gasteiger charge is 2.26. The van der Waals surface area contributed by atoms with Gasteiger partial charge in [-0.3, -0.25) is 4.79 Å². The minimum Gasteiger partial charge on any atom is -0.466 e. The molecule has 0 aliphatic heterocycles. The molecule has 2 unspecified atom stereocenters. The Kier molecular flexibility index (Phi) is 6.38. The van der Waals surface area contributed by atoms with Crippen molar-refractivity contribution in [1.29, 1.82) is 0 Å². The number of hydrogen-bond donors (Lipinski definition) is 2. The third-order valence-corrected chi connectivity index (χ3v) is 3.50. The lowest BCUT2D eigenvalue weighted by atomic mass is 10.0. The van der Waals surface area contributed by atoms with Gasteiger partial charge in [-0.15, -0.1) is 0 Å². The Morgan fingerprint density at radius 2 is 2.05 bits per heavy atom. The van der Waals surface area contributed by atoms with Gasteiger partial charge in [-0.2, -0.15) is 0 Å². The third kappa shape index (κ3) is 4.52. The second-order valence-electron chi connectivity index (χ2n) is 3.80.